The summed E-state index contributed by atoms with van der Waals surface area (Å²) in [5, 5.41) is 13.0. The first-order chi connectivity index (χ1) is 27.8. The highest BCUT2D eigenvalue weighted by molar-refractivity contribution is 6.31. The van der Waals surface area contributed by atoms with Gasteiger partial charge in [-0.3, -0.25) is 0 Å². The number of rotatable bonds is 2. The molecule has 0 radical (unpaired) electrons. The fourth-order valence-electron chi connectivity index (χ4n) is 10.8. The van der Waals surface area contributed by atoms with E-state index >= 15 is 0 Å². The van der Waals surface area contributed by atoms with Gasteiger partial charge in [-0.05, 0) is 115 Å². The fraction of sp³-hybridized carbons (Fsp3) is 0. The number of fused-ring (bicyclic) bond motifs is 16. The predicted molar refractivity (Wildman–Crippen MR) is 236 cm³/mol. The zero-order valence-electron chi connectivity index (χ0n) is 30.2. The number of hydrogen-bond donors (Lipinski definition) is 0. The summed E-state index contributed by atoms with van der Waals surface area (Å²) in [6.45, 7) is 0. The SMILES string of the molecule is c1ccc2c(c1)-c1cccc3c1c-2cc1c2ccccc2n(-c2ccc(-n4c5ccc6ccccc6c5c5cc6c7c(cccc7c54)-c4ccccc4-6)cc2)c31. The van der Waals surface area contributed by atoms with Gasteiger partial charge in [0, 0.05) is 43.7 Å². The molecule has 2 aliphatic carbocycles. The molecule has 14 rings (SSSR count). The van der Waals surface area contributed by atoms with Crippen LogP contribution in [0.2, 0.25) is 0 Å². The highest BCUT2D eigenvalue weighted by Crippen LogP contribution is 2.53. The van der Waals surface area contributed by atoms with Crippen LogP contribution in [0.1, 0.15) is 0 Å². The lowest BCUT2D eigenvalue weighted by atomic mass is 9.97. The molecule has 2 heteroatoms. The van der Waals surface area contributed by atoms with E-state index in [1.165, 1.54) is 120 Å². The lowest BCUT2D eigenvalue weighted by Crippen LogP contribution is -1.98. The summed E-state index contributed by atoms with van der Waals surface area (Å²) in [4.78, 5) is 0. The number of nitrogens with zero attached hydrogens (tertiary/aromatic N) is 2. The Morgan fingerprint density at radius 1 is 0.250 bits per heavy atom. The van der Waals surface area contributed by atoms with Gasteiger partial charge in [0.1, 0.15) is 0 Å². The van der Waals surface area contributed by atoms with Crippen molar-refractivity contribution in [3.05, 3.63) is 182 Å². The van der Waals surface area contributed by atoms with Crippen molar-refractivity contribution in [3.8, 4) is 55.9 Å². The Morgan fingerprint density at radius 3 is 1.36 bits per heavy atom. The normalized spacial score (nSPS) is 12.6. The van der Waals surface area contributed by atoms with Crippen LogP contribution in [-0.2, 0) is 0 Å². The van der Waals surface area contributed by atoms with E-state index in [1.807, 2.05) is 0 Å². The lowest BCUT2D eigenvalue weighted by molar-refractivity contribution is 1.15. The van der Waals surface area contributed by atoms with Gasteiger partial charge in [0.15, 0.2) is 0 Å². The van der Waals surface area contributed by atoms with Gasteiger partial charge < -0.3 is 9.13 Å². The molecule has 0 unspecified atom stereocenters. The Labute approximate surface area is 321 Å². The summed E-state index contributed by atoms with van der Waals surface area (Å²) in [6, 6.07) is 68.1. The van der Waals surface area contributed by atoms with Crippen molar-refractivity contribution in [2.75, 3.05) is 0 Å². The van der Waals surface area contributed by atoms with E-state index in [0.717, 1.165) is 11.4 Å². The third-order valence-electron chi connectivity index (χ3n) is 12.9. The number of para-hydroxylation sites is 1. The van der Waals surface area contributed by atoms with Crippen molar-refractivity contribution in [1.29, 1.82) is 0 Å². The summed E-state index contributed by atoms with van der Waals surface area (Å²) < 4.78 is 5.01. The summed E-state index contributed by atoms with van der Waals surface area (Å²) in [5.74, 6) is 0. The molecule has 0 saturated heterocycles. The van der Waals surface area contributed by atoms with E-state index in [-0.39, 0.29) is 0 Å². The Bertz CT molecular complexity index is 3740. The van der Waals surface area contributed by atoms with Crippen LogP contribution in [0.4, 0.5) is 0 Å². The molecule has 2 aromatic heterocycles. The van der Waals surface area contributed by atoms with Crippen molar-refractivity contribution >= 4 is 75.9 Å². The van der Waals surface area contributed by atoms with Crippen LogP contribution in [0.5, 0.6) is 0 Å². The Kier molecular flexibility index (Phi) is 5.28. The van der Waals surface area contributed by atoms with Gasteiger partial charge in [-0.25, -0.2) is 0 Å². The van der Waals surface area contributed by atoms with Crippen molar-refractivity contribution in [1.82, 2.24) is 9.13 Å². The first kappa shape index (κ1) is 29.0. The minimum atomic E-state index is 1.16. The molecule has 0 atom stereocenters. The van der Waals surface area contributed by atoms with Gasteiger partial charge in [-0.1, -0.05) is 133 Å². The zero-order valence-corrected chi connectivity index (χ0v) is 30.2. The van der Waals surface area contributed by atoms with Crippen molar-refractivity contribution in [2.45, 2.75) is 0 Å². The van der Waals surface area contributed by atoms with E-state index in [1.54, 1.807) is 0 Å². The fourth-order valence-corrected chi connectivity index (χ4v) is 10.8. The predicted octanol–water partition coefficient (Wildman–Crippen LogP) is 14.6. The molecule has 0 N–H and O–H groups in total. The van der Waals surface area contributed by atoms with Gasteiger partial charge in [-0.15, -0.1) is 0 Å². The average Bonchev–Trinajstić information content (AvgIpc) is 3.99. The summed E-state index contributed by atoms with van der Waals surface area (Å²) in [6.07, 6.45) is 0. The van der Waals surface area contributed by atoms with Gasteiger partial charge in [-0.2, -0.15) is 0 Å². The second-order valence-corrected chi connectivity index (χ2v) is 15.6. The van der Waals surface area contributed by atoms with Crippen molar-refractivity contribution in [2.24, 2.45) is 0 Å². The maximum Gasteiger partial charge on any atom is 0.0620 e. The van der Waals surface area contributed by atoms with E-state index in [2.05, 4.69) is 191 Å². The van der Waals surface area contributed by atoms with E-state index in [9.17, 15) is 0 Å². The minimum absolute atomic E-state index is 1.16. The van der Waals surface area contributed by atoms with E-state index in [4.69, 9.17) is 0 Å². The number of hydrogen-bond acceptors (Lipinski definition) is 0. The van der Waals surface area contributed by atoms with Crippen LogP contribution in [0.3, 0.4) is 0 Å². The maximum absolute atomic E-state index is 2.52. The lowest BCUT2D eigenvalue weighted by Gasteiger charge is -2.14. The summed E-state index contributed by atoms with van der Waals surface area (Å²) in [5.41, 5.74) is 17.9. The van der Waals surface area contributed by atoms with Gasteiger partial charge in [0.2, 0.25) is 0 Å². The highest BCUT2D eigenvalue weighted by Gasteiger charge is 2.28. The van der Waals surface area contributed by atoms with Crippen LogP contribution in [0.15, 0.2) is 182 Å². The van der Waals surface area contributed by atoms with Gasteiger partial charge in [0.25, 0.3) is 0 Å². The van der Waals surface area contributed by atoms with Crippen molar-refractivity contribution in [3.63, 3.8) is 0 Å². The average molecular weight is 707 g/mol. The van der Waals surface area contributed by atoms with Crippen LogP contribution in [-0.4, -0.2) is 9.13 Å². The third-order valence-corrected chi connectivity index (χ3v) is 12.9. The molecular formula is C54H30N2. The van der Waals surface area contributed by atoms with Crippen LogP contribution < -0.4 is 0 Å². The van der Waals surface area contributed by atoms with E-state index in [0.29, 0.717) is 0 Å². The van der Waals surface area contributed by atoms with Gasteiger partial charge >= 0.3 is 0 Å². The van der Waals surface area contributed by atoms with Crippen molar-refractivity contribution < 1.29 is 0 Å². The van der Waals surface area contributed by atoms with Crippen LogP contribution in [0, 0.1) is 0 Å². The molecule has 0 bridgehead atoms. The zero-order chi connectivity index (χ0) is 36.2. The molecule has 2 nitrogen and oxygen atoms in total. The Hall–Kier alpha value is -7.42. The maximum atomic E-state index is 2.52. The standard InChI is InChI=1S/C54H30N2/c1-2-12-34-31(11-1)23-28-49-52(34)47-30-45-38-16-6-4-14-36(38)41-19-10-21-43(51(41)45)54(47)56(49)33-26-24-32(25-27-33)55-48-22-8-7-17-39(48)46-29-44-37-15-5-3-13-35(37)40-18-9-20-42(50(40)44)53(46)55/h1-30H. The third kappa shape index (κ3) is 3.45. The van der Waals surface area contributed by atoms with Gasteiger partial charge in [0.05, 0.1) is 22.1 Å². The Balaban J connectivity index is 1.06. The topological polar surface area (TPSA) is 9.86 Å². The molecule has 0 saturated carbocycles. The van der Waals surface area contributed by atoms with E-state index < -0.39 is 0 Å². The first-order valence-electron chi connectivity index (χ1n) is 19.5. The first-order valence-corrected chi connectivity index (χ1v) is 19.5. The quantitative estimate of drug-likeness (QED) is 0.169. The largest absolute Gasteiger partial charge is 0.309 e. The number of aromatic nitrogens is 2. The highest BCUT2D eigenvalue weighted by atomic mass is 15.0. The van der Waals surface area contributed by atoms with Crippen LogP contribution in [0.25, 0.3) is 132 Å². The molecule has 256 valence electrons. The Morgan fingerprint density at radius 2 is 0.714 bits per heavy atom. The molecule has 0 fully saturated rings. The monoisotopic (exact) mass is 706 g/mol. The molecular weight excluding hydrogens is 677 g/mol. The minimum Gasteiger partial charge on any atom is -0.309 e. The smallest absolute Gasteiger partial charge is 0.0620 e. The summed E-state index contributed by atoms with van der Waals surface area (Å²) in [7, 11) is 0. The molecule has 2 aliphatic rings. The molecule has 10 aromatic carbocycles. The molecule has 56 heavy (non-hydrogen) atoms. The molecule has 2 heterocycles. The van der Waals surface area contributed by atoms with Crippen LogP contribution >= 0.6 is 0 Å². The molecule has 12 aromatic rings. The molecule has 0 aliphatic heterocycles. The number of benzene rings is 10. The second kappa shape index (κ2) is 10.2. The summed E-state index contributed by atoms with van der Waals surface area (Å²) >= 11 is 0. The second-order valence-electron chi connectivity index (χ2n) is 15.6. The molecule has 0 spiro atoms. The molecule has 0 amide bonds.